The van der Waals surface area contributed by atoms with Gasteiger partial charge in [-0.15, -0.1) is 0 Å². The summed E-state index contributed by atoms with van der Waals surface area (Å²) in [4.78, 5) is 17.0. The number of nitrogens with one attached hydrogen (secondary N) is 1. The second kappa shape index (κ2) is 6.24. The van der Waals surface area contributed by atoms with Gasteiger partial charge in [0.15, 0.2) is 5.13 Å². The van der Waals surface area contributed by atoms with Crippen molar-refractivity contribution >= 4 is 32.6 Å². The Labute approximate surface area is 148 Å². The maximum atomic E-state index is 13.3. The Morgan fingerprint density at radius 1 is 1.40 bits per heavy atom. The van der Waals surface area contributed by atoms with Crippen LogP contribution in [-0.4, -0.2) is 28.7 Å². The molecule has 1 amide bonds. The lowest BCUT2D eigenvalue weighted by Crippen LogP contribution is -2.15. The molecule has 4 rings (SSSR count). The highest BCUT2D eigenvalue weighted by molar-refractivity contribution is 7.22. The van der Waals surface area contributed by atoms with E-state index < -0.39 is 0 Å². The summed E-state index contributed by atoms with van der Waals surface area (Å²) < 4.78 is 21.7. The summed E-state index contributed by atoms with van der Waals surface area (Å²) in [6.07, 6.45) is 0.959. The van der Waals surface area contributed by atoms with E-state index in [0.29, 0.717) is 27.5 Å². The highest BCUT2D eigenvalue weighted by Crippen LogP contribution is 2.29. The van der Waals surface area contributed by atoms with Gasteiger partial charge >= 0.3 is 0 Å². The standard InChI is InChI=1S/C18H18FN3O2S/c1-10-7-14(11(2)22(10)13-5-6-24-9-13)17(23)21-18-20-15-4-3-12(19)8-16(15)25-18/h3-4,7-8,13H,5-6,9H2,1-2H3,(H,20,21,23). The van der Waals surface area contributed by atoms with Gasteiger partial charge in [-0.05, 0) is 44.5 Å². The molecule has 7 heteroatoms. The highest BCUT2D eigenvalue weighted by atomic mass is 32.1. The first-order valence-corrected chi connectivity index (χ1v) is 8.98. The SMILES string of the molecule is Cc1cc(C(=O)Nc2nc3ccc(F)cc3s2)c(C)n1C1CCOC1. The van der Waals surface area contributed by atoms with Crippen molar-refractivity contribution < 1.29 is 13.9 Å². The van der Waals surface area contributed by atoms with Crippen LogP contribution in [0.25, 0.3) is 10.2 Å². The third kappa shape index (κ3) is 2.94. The number of nitrogens with zero attached hydrogens (tertiary/aromatic N) is 2. The quantitative estimate of drug-likeness (QED) is 0.767. The van der Waals surface area contributed by atoms with Crippen molar-refractivity contribution in [3.05, 3.63) is 47.0 Å². The van der Waals surface area contributed by atoms with Crippen molar-refractivity contribution in [1.29, 1.82) is 0 Å². The first-order valence-electron chi connectivity index (χ1n) is 8.16. The number of anilines is 1. The fourth-order valence-corrected chi connectivity index (χ4v) is 4.30. The molecule has 1 fully saturated rings. The number of carbonyl (C=O) groups is 1. The Balaban J connectivity index is 1.61. The fourth-order valence-electron chi connectivity index (χ4n) is 3.41. The lowest BCUT2D eigenvalue weighted by atomic mass is 10.2. The van der Waals surface area contributed by atoms with Crippen LogP contribution >= 0.6 is 11.3 Å². The lowest BCUT2D eigenvalue weighted by molar-refractivity contribution is 0.102. The highest BCUT2D eigenvalue weighted by Gasteiger charge is 2.24. The van der Waals surface area contributed by atoms with Crippen LogP contribution in [0.5, 0.6) is 0 Å². The van der Waals surface area contributed by atoms with Crippen LogP contribution in [0.2, 0.25) is 0 Å². The predicted molar refractivity (Wildman–Crippen MR) is 95.9 cm³/mol. The number of halogens is 1. The van der Waals surface area contributed by atoms with E-state index in [4.69, 9.17) is 4.74 Å². The largest absolute Gasteiger partial charge is 0.379 e. The maximum absolute atomic E-state index is 13.3. The number of rotatable bonds is 3. The zero-order chi connectivity index (χ0) is 17.6. The number of hydrogen-bond acceptors (Lipinski definition) is 4. The summed E-state index contributed by atoms with van der Waals surface area (Å²) in [5.74, 6) is -0.505. The lowest BCUT2D eigenvalue weighted by Gasteiger charge is -2.15. The molecule has 1 atom stereocenters. The molecular formula is C18H18FN3O2S. The number of aromatic nitrogens is 2. The van der Waals surface area contributed by atoms with E-state index in [-0.39, 0.29) is 17.8 Å². The summed E-state index contributed by atoms with van der Waals surface area (Å²) in [5, 5.41) is 3.31. The van der Waals surface area contributed by atoms with E-state index in [1.807, 2.05) is 19.9 Å². The molecule has 130 valence electrons. The van der Waals surface area contributed by atoms with Crippen LogP contribution in [0.15, 0.2) is 24.3 Å². The minimum absolute atomic E-state index is 0.196. The van der Waals surface area contributed by atoms with E-state index in [0.717, 1.165) is 24.4 Å². The zero-order valence-electron chi connectivity index (χ0n) is 14.0. The number of hydrogen-bond donors (Lipinski definition) is 1. The molecule has 0 bridgehead atoms. The number of fused-ring (bicyclic) bond motifs is 1. The predicted octanol–water partition coefficient (Wildman–Crippen LogP) is 4.07. The van der Waals surface area contributed by atoms with Crippen LogP contribution in [0, 0.1) is 19.7 Å². The van der Waals surface area contributed by atoms with Gasteiger partial charge in [-0.2, -0.15) is 0 Å². The molecule has 0 radical (unpaired) electrons. The van der Waals surface area contributed by atoms with Gasteiger partial charge in [0.25, 0.3) is 5.91 Å². The molecule has 1 aliphatic heterocycles. The monoisotopic (exact) mass is 359 g/mol. The van der Waals surface area contributed by atoms with E-state index in [1.54, 1.807) is 6.07 Å². The number of carbonyl (C=O) groups excluding carboxylic acids is 1. The number of benzene rings is 1. The molecule has 0 spiro atoms. The number of ether oxygens (including phenoxy) is 1. The Morgan fingerprint density at radius 3 is 3.00 bits per heavy atom. The number of thiazole rings is 1. The van der Waals surface area contributed by atoms with Crippen molar-refractivity contribution in [1.82, 2.24) is 9.55 Å². The smallest absolute Gasteiger partial charge is 0.259 e. The van der Waals surface area contributed by atoms with Crippen molar-refractivity contribution in [2.75, 3.05) is 18.5 Å². The van der Waals surface area contributed by atoms with Crippen LogP contribution in [0.1, 0.15) is 34.2 Å². The second-order valence-electron chi connectivity index (χ2n) is 6.26. The number of amides is 1. The molecule has 3 aromatic rings. The summed E-state index contributed by atoms with van der Waals surface area (Å²) in [6, 6.07) is 6.59. The molecule has 1 aliphatic rings. The van der Waals surface area contributed by atoms with Crippen LogP contribution in [0.3, 0.4) is 0 Å². The Morgan fingerprint density at radius 2 is 2.24 bits per heavy atom. The van der Waals surface area contributed by atoms with E-state index in [2.05, 4.69) is 14.9 Å². The first kappa shape index (κ1) is 16.2. The van der Waals surface area contributed by atoms with Crippen LogP contribution in [-0.2, 0) is 4.74 Å². The van der Waals surface area contributed by atoms with Crippen LogP contribution < -0.4 is 5.32 Å². The van der Waals surface area contributed by atoms with Crippen molar-refractivity contribution in [3.8, 4) is 0 Å². The van der Waals surface area contributed by atoms with Gasteiger partial charge in [-0.25, -0.2) is 9.37 Å². The summed E-state index contributed by atoms with van der Waals surface area (Å²) >= 11 is 1.27. The van der Waals surface area contributed by atoms with Crippen molar-refractivity contribution in [2.24, 2.45) is 0 Å². The fraction of sp³-hybridized carbons (Fsp3) is 0.333. The molecule has 3 heterocycles. The first-order chi connectivity index (χ1) is 12.0. The second-order valence-corrected chi connectivity index (χ2v) is 7.29. The van der Waals surface area contributed by atoms with Crippen molar-refractivity contribution in [3.63, 3.8) is 0 Å². The summed E-state index contributed by atoms with van der Waals surface area (Å²) in [6.45, 7) is 5.39. The van der Waals surface area contributed by atoms with E-state index in [9.17, 15) is 9.18 Å². The van der Waals surface area contributed by atoms with Gasteiger partial charge in [-0.1, -0.05) is 11.3 Å². The Kier molecular flexibility index (Phi) is 4.05. The molecule has 1 unspecified atom stereocenters. The maximum Gasteiger partial charge on any atom is 0.259 e. The van der Waals surface area contributed by atoms with Crippen molar-refractivity contribution in [2.45, 2.75) is 26.3 Å². The van der Waals surface area contributed by atoms with Gasteiger partial charge in [0.1, 0.15) is 5.82 Å². The van der Waals surface area contributed by atoms with Gasteiger partial charge in [-0.3, -0.25) is 10.1 Å². The summed E-state index contributed by atoms with van der Waals surface area (Å²) in [5.41, 5.74) is 3.28. The third-order valence-corrected chi connectivity index (χ3v) is 5.50. The summed E-state index contributed by atoms with van der Waals surface area (Å²) in [7, 11) is 0. The molecule has 2 aromatic heterocycles. The topological polar surface area (TPSA) is 56.2 Å². The minimum Gasteiger partial charge on any atom is -0.379 e. The van der Waals surface area contributed by atoms with E-state index >= 15 is 0 Å². The van der Waals surface area contributed by atoms with Gasteiger partial charge in [0, 0.05) is 18.0 Å². The minimum atomic E-state index is -0.309. The Hall–Kier alpha value is -2.25. The number of aryl methyl sites for hydroxylation is 1. The molecule has 1 saturated heterocycles. The average Bonchev–Trinajstić information content (AvgIpc) is 3.26. The normalized spacial score (nSPS) is 17.3. The van der Waals surface area contributed by atoms with Gasteiger partial charge < -0.3 is 9.30 Å². The molecule has 0 aliphatic carbocycles. The van der Waals surface area contributed by atoms with Crippen LogP contribution in [0.4, 0.5) is 9.52 Å². The molecule has 1 N–H and O–H groups in total. The molecule has 5 nitrogen and oxygen atoms in total. The third-order valence-electron chi connectivity index (χ3n) is 4.57. The molecule has 0 saturated carbocycles. The average molecular weight is 359 g/mol. The van der Waals surface area contributed by atoms with E-state index in [1.165, 1.54) is 23.5 Å². The molecular weight excluding hydrogens is 341 g/mol. The molecule has 25 heavy (non-hydrogen) atoms. The Bertz CT molecular complexity index is 957. The van der Waals surface area contributed by atoms with Gasteiger partial charge in [0.2, 0.25) is 0 Å². The zero-order valence-corrected chi connectivity index (χ0v) is 14.8. The van der Waals surface area contributed by atoms with Gasteiger partial charge in [0.05, 0.1) is 28.4 Å². The molecule has 1 aromatic carbocycles.